The highest BCUT2D eigenvalue weighted by molar-refractivity contribution is 8.90. The van der Waals surface area contributed by atoms with Gasteiger partial charge in [0.2, 0.25) is 5.55 Å². The van der Waals surface area contributed by atoms with Gasteiger partial charge in [0.1, 0.15) is 6.04 Å². The van der Waals surface area contributed by atoms with Crippen molar-refractivity contribution in [3.63, 3.8) is 0 Å². The Morgan fingerprint density at radius 1 is 1.31 bits per heavy atom. The van der Waals surface area contributed by atoms with Crippen LogP contribution < -0.4 is 5.32 Å². The fourth-order valence-corrected chi connectivity index (χ4v) is 8.79. The first kappa shape index (κ1) is 16.4. The molecule has 0 aromatic heterocycles. The Balaban J connectivity index is 4.30. The normalized spacial score (nSPS) is 13.7. The number of carboxylic acid groups (broad SMARTS) is 1. The second kappa shape index (κ2) is 8.45. The van der Waals surface area contributed by atoms with Gasteiger partial charge < -0.3 is 5.11 Å². The van der Waals surface area contributed by atoms with E-state index in [9.17, 15) is 9.36 Å². The first-order valence-electron chi connectivity index (χ1n) is 5.33. The van der Waals surface area contributed by atoms with Crippen molar-refractivity contribution < 1.29 is 14.5 Å². The molecule has 0 bridgehead atoms. The lowest BCUT2D eigenvalue weighted by atomic mass is 10.2. The Labute approximate surface area is 105 Å². The molecule has 0 saturated carbocycles. The molecule has 0 fully saturated rings. The third-order valence-electron chi connectivity index (χ3n) is 1.89. The zero-order valence-corrected chi connectivity index (χ0v) is 12.5. The van der Waals surface area contributed by atoms with Crippen molar-refractivity contribution in [3.8, 4) is 0 Å². The highest BCUT2D eigenvalue weighted by atomic mass is 33.1. The molecule has 0 aliphatic rings. The average Bonchev–Trinajstić information content (AvgIpc) is 2.18. The Kier molecular flexibility index (Phi) is 8.64. The summed E-state index contributed by atoms with van der Waals surface area (Å²) < 4.78 is 12.3. The van der Waals surface area contributed by atoms with Gasteiger partial charge in [-0.25, -0.2) is 0 Å². The third kappa shape index (κ3) is 6.18. The van der Waals surface area contributed by atoms with Crippen LogP contribution in [0.3, 0.4) is 0 Å². The van der Waals surface area contributed by atoms with Crippen LogP contribution in [0, 0.1) is 0 Å². The Morgan fingerprint density at radius 3 is 2.12 bits per heavy atom. The van der Waals surface area contributed by atoms with Gasteiger partial charge in [0, 0.05) is 0 Å². The molecule has 7 heteroatoms. The van der Waals surface area contributed by atoms with Crippen LogP contribution in [0.1, 0.15) is 27.2 Å². The van der Waals surface area contributed by atoms with Crippen molar-refractivity contribution in [2.75, 3.05) is 17.8 Å². The quantitative estimate of drug-likeness (QED) is 0.635. The molecule has 0 radical (unpaired) electrons. The van der Waals surface area contributed by atoms with Gasteiger partial charge in [0.05, 0.1) is 6.29 Å². The maximum atomic E-state index is 12.3. The van der Waals surface area contributed by atoms with Crippen LogP contribution in [0.15, 0.2) is 0 Å². The van der Waals surface area contributed by atoms with Crippen molar-refractivity contribution in [2.45, 2.75) is 33.2 Å². The molecule has 0 saturated heterocycles. The predicted molar refractivity (Wildman–Crippen MR) is 73.6 cm³/mol. The predicted octanol–water partition coefficient (Wildman–Crippen LogP) is 3.10. The molecule has 0 aliphatic carbocycles. The summed E-state index contributed by atoms with van der Waals surface area (Å²) in [6, 6.07) is -0.594. The Bertz CT molecular complexity index is 253. The van der Waals surface area contributed by atoms with Crippen LogP contribution in [-0.4, -0.2) is 34.9 Å². The maximum Gasteiger partial charge on any atom is 0.320 e. The van der Waals surface area contributed by atoms with Crippen LogP contribution in [-0.2, 0) is 9.36 Å². The summed E-state index contributed by atoms with van der Waals surface area (Å²) in [5.74, 6) is 0.697. The van der Waals surface area contributed by atoms with Gasteiger partial charge in [-0.15, -0.1) is 0 Å². The van der Waals surface area contributed by atoms with Gasteiger partial charge in [-0.3, -0.25) is 14.7 Å². The zero-order valence-electron chi connectivity index (χ0n) is 9.93. The fraction of sp³-hybridized carbons (Fsp3) is 0.889. The van der Waals surface area contributed by atoms with E-state index >= 15 is 0 Å². The number of aliphatic carboxylic acids is 1. The minimum absolute atomic E-state index is 0.287. The summed E-state index contributed by atoms with van der Waals surface area (Å²) in [5, 5.41) is 11.7. The lowest BCUT2D eigenvalue weighted by Gasteiger charge is -2.19. The van der Waals surface area contributed by atoms with Crippen molar-refractivity contribution in [1.29, 1.82) is 0 Å². The highest BCUT2D eigenvalue weighted by Gasteiger charge is 2.24. The van der Waals surface area contributed by atoms with E-state index in [-0.39, 0.29) is 6.29 Å². The molecular formula is C9H20NO3PS2. The molecule has 0 heterocycles. The molecular weight excluding hydrogens is 265 g/mol. The van der Waals surface area contributed by atoms with E-state index in [0.29, 0.717) is 6.42 Å². The summed E-state index contributed by atoms with van der Waals surface area (Å²) in [6.07, 6.45) is 0.789. The van der Waals surface area contributed by atoms with Gasteiger partial charge in [-0.1, -0.05) is 43.5 Å². The molecule has 4 nitrogen and oxygen atoms in total. The largest absolute Gasteiger partial charge is 0.480 e. The third-order valence-corrected chi connectivity index (χ3v) is 10.3. The van der Waals surface area contributed by atoms with Crippen molar-refractivity contribution in [2.24, 2.45) is 0 Å². The molecule has 0 amide bonds. The summed E-state index contributed by atoms with van der Waals surface area (Å²) >= 11 is 2.86. The summed E-state index contributed by atoms with van der Waals surface area (Å²) in [6.45, 7) is 5.72. The molecule has 0 aromatic carbocycles. The number of hydrogen-bond donors (Lipinski definition) is 2. The Hall–Kier alpha value is 0.360. The van der Waals surface area contributed by atoms with Gasteiger partial charge >= 0.3 is 5.97 Å². The van der Waals surface area contributed by atoms with Crippen LogP contribution in [0.2, 0.25) is 0 Å². The number of carbonyl (C=O) groups is 1. The Morgan fingerprint density at radius 2 is 1.81 bits per heavy atom. The monoisotopic (exact) mass is 285 g/mol. The first-order chi connectivity index (χ1) is 7.49. The molecule has 1 unspecified atom stereocenters. The van der Waals surface area contributed by atoms with Gasteiger partial charge in [-0.05, 0) is 17.9 Å². The molecule has 96 valence electrons. The number of nitrogens with one attached hydrogen (secondary N) is 1. The molecule has 0 spiro atoms. The summed E-state index contributed by atoms with van der Waals surface area (Å²) in [4.78, 5) is 10.8. The molecule has 0 aromatic rings. The van der Waals surface area contributed by atoms with Crippen LogP contribution in [0.25, 0.3) is 0 Å². The van der Waals surface area contributed by atoms with E-state index in [0.717, 1.165) is 11.5 Å². The second-order valence-electron chi connectivity index (χ2n) is 3.11. The molecule has 1 atom stereocenters. The van der Waals surface area contributed by atoms with E-state index in [4.69, 9.17) is 5.11 Å². The van der Waals surface area contributed by atoms with Crippen molar-refractivity contribution in [1.82, 2.24) is 5.32 Å². The van der Waals surface area contributed by atoms with E-state index in [1.165, 1.54) is 22.8 Å². The molecule has 0 aliphatic heterocycles. The standard InChI is InChI=1S/C9H20NO3PS2/c1-4-8(9(11)12)10-7-14(13,15-5-2)16-6-3/h8,10H,4-7H2,1-3H3,(H,11,12). The molecule has 16 heavy (non-hydrogen) atoms. The van der Waals surface area contributed by atoms with E-state index in [1.54, 1.807) is 6.92 Å². The number of rotatable bonds is 9. The molecule has 2 N–H and O–H groups in total. The number of hydrogen-bond acceptors (Lipinski definition) is 5. The smallest absolute Gasteiger partial charge is 0.320 e. The van der Waals surface area contributed by atoms with E-state index in [1.807, 2.05) is 13.8 Å². The number of carboxylic acids is 1. The topological polar surface area (TPSA) is 66.4 Å². The van der Waals surface area contributed by atoms with Gasteiger partial charge in [0.25, 0.3) is 0 Å². The van der Waals surface area contributed by atoms with Gasteiger partial charge in [-0.2, -0.15) is 0 Å². The minimum Gasteiger partial charge on any atom is -0.480 e. The highest BCUT2D eigenvalue weighted by Crippen LogP contribution is 2.67. The average molecular weight is 285 g/mol. The lowest BCUT2D eigenvalue weighted by Crippen LogP contribution is -2.36. The van der Waals surface area contributed by atoms with Gasteiger partial charge in [0.15, 0.2) is 0 Å². The minimum atomic E-state index is -2.37. The van der Waals surface area contributed by atoms with Crippen molar-refractivity contribution >= 4 is 34.3 Å². The second-order valence-corrected chi connectivity index (χ2v) is 12.1. The van der Waals surface area contributed by atoms with E-state index in [2.05, 4.69) is 5.32 Å². The van der Waals surface area contributed by atoms with Crippen LogP contribution in [0.4, 0.5) is 0 Å². The SMILES string of the molecule is CCSP(=O)(CNC(CC)C(=O)O)SCC. The fourth-order valence-electron chi connectivity index (χ4n) is 1.15. The summed E-state index contributed by atoms with van der Waals surface area (Å²) in [5.41, 5.74) is -2.37. The van der Waals surface area contributed by atoms with E-state index < -0.39 is 17.6 Å². The zero-order chi connectivity index (χ0) is 12.6. The maximum absolute atomic E-state index is 12.3. The lowest BCUT2D eigenvalue weighted by molar-refractivity contribution is -0.139. The van der Waals surface area contributed by atoms with Crippen LogP contribution in [0.5, 0.6) is 0 Å². The first-order valence-corrected chi connectivity index (χ1v) is 10.4. The van der Waals surface area contributed by atoms with Crippen molar-refractivity contribution in [3.05, 3.63) is 0 Å². The summed E-state index contributed by atoms with van der Waals surface area (Å²) in [7, 11) is 0. The molecule has 0 rings (SSSR count). The van der Waals surface area contributed by atoms with Crippen LogP contribution >= 0.6 is 28.3 Å².